The first-order valence-electron chi connectivity index (χ1n) is 4.52. The number of esters is 1. The van der Waals surface area contributed by atoms with E-state index >= 15 is 0 Å². The fourth-order valence-corrected chi connectivity index (χ4v) is 0.861. The Bertz CT molecular complexity index is 281. The Morgan fingerprint density at radius 2 is 2.27 bits per heavy atom. The summed E-state index contributed by atoms with van der Waals surface area (Å²) in [7, 11) is 1.61. The van der Waals surface area contributed by atoms with Crippen LogP contribution < -0.4 is 0 Å². The van der Waals surface area contributed by atoms with E-state index in [-0.39, 0.29) is 18.9 Å². The highest BCUT2D eigenvalue weighted by molar-refractivity contribution is 5.81. The summed E-state index contributed by atoms with van der Waals surface area (Å²) in [6.07, 6.45) is 1.51. The van der Waals surface area contributed by atoms with Gasteiger partial charge < -0.3 is 9.64 Å². The van der Waals surface area contributed by atoms with E-state index < -0.39 is 5.97 Å². The second-order valence-electron chi connectivity index (χ2n) is 2.88. The quantitative estimate of drug-likeness (QED) is 0.363. The summed E-state index contributed by atoms with van der Waals surface area (Å²) in [4.78, 5) is 23.2. The van der Waals surface area contributed by atoms with E-state index in [1.54, 1.807) is 13.1 Å². The largest absolute Gasteiger partial charge is 0.462 e. The molecule has 0 unspecified atom stereocenters. The number of carbonyl (C=O) groups excluding carboxylic acids is 2. The molecule has 0 N–H and O–H groups in total. The molecule has 82 valence electrons. The summed E-state index contributed by atoms with van der Waals surface area (Å²) in [6.45, 7) is 3.96. The number of rotatable bonds is 6. The summed E-state index contributed by atoms with van der Waals surface area (Å²) >= 11 is 0. The van der Waals surface area contributed by atoms with Crippen LogP contribution in [0.1, 0.15) is 12.8 Å². The van der Waals surface area contributed by atoms with Gasteiger partial charge in [0.15, 0.2) is 0 Å². The third-order valence-electron chi connectivity index (χ3n) is 1.70. The Kier molecular flexibility index (Phi) is 6.64. The molecule has 0 spiro atoms. The van der Waals surface area contributed by atoms with Gasteiger partial charge in [-0.2, -0.15) is 5.26 Å². The highest BCUT2D eigenvalue weighted by Gasteiger charge is 2.07. The maximum Gasteiger partial charge on any atom is 0.330 e. The van der Waals surface area contributed by atoms with Gasteiger partial charge in [0.05, 0.1) is 12.7 Å². The van der Waals surface area contributed by atoms with E-state index in [0.717, 1.165) is 6.08 Å². The molecule has 0 saturated heterocycles. The summed E-state index contributed by atoms with van der Waals surface area (Å²) < 4.78 is 4.72. The molecule has 0 fully saturated rings. The molecule has 0 aromatic carbocycles. The third-order valence-corrected chi connectivity index (χ3v) is 1.70. The van der Waals surface area contributed by atoms with E-state index in [4.69, 9.17) is 10.00 Å². The van der Waals surface area contributed by atoms with Crippen LogP contribution in [-0.4, -0.2) is 37.0 Å². The lowest BCUT2D eigenvalue weighted by Crippen LogP contribution is -2.27. The van der Waals surface area contributed by atoms with Crippen LogP contribution in [0, 0.1) is 11.3 Å². The molecule has 0 aliphatic rings. The highest BCUT2D eigenvalue weighted by Crippen LogP contribution is 1.93. The minimum atomic E-state index is -0.471. The van der Waals surface area contributed by atoms with Gasteiger partial charge in [-0.25, -0.2) is 4.79 Å². The van der Waals surface area contributed by atoms with Crippen molar-refractivity contribution in [2.45, 2.75) is 12.8 Å². The van der Waals surface area contributed by atoms with Crippen molar-refractivity contribution in [3.63, 3.8) is 0 Å². The zero-order valence-electron chi connectivity index (χ0n) is 8.73. The van der Waals surface area contributed by atoms with E-state index in [0.29, 0.717) is 13.0 Å². The van der Waals surface area contributed by atoms with Gasteiger partial charge in [-0.05, 0) is 6.42 Å². The molecule has 0 heterocycles. The molecule has 5 heteroatoms. The number of nitriles is 1. The minimum absolute atomic E-state index is 0.122. The molecule has 15 heavy (non-hydrogen) atoms. The maximum atomic E-state index is 11.1. The first-order chi connectivity index (χ1) is 7.11. The number of ether oxygens (including phenoxy) is 1. The van der Waals surface area contributed by atoms with Crippen molar-refractivity contribution in [1.29, 1.82) is 5.26 Å². The molecular weight excluding hydrogens is 196 g/mol. The van der Waals surface area contributed by atoms with Crippen LogP contribution in [0.25, 0.3) is 0 Å². The number of hydrogen-bond donors (Lipinski definition) is 0. The number of hydrogen-bond acceptors (Lipinski definition) is 4. The van der Waals surface area contributed by atoms with Crippen molar-refractivity contribution >= 4 is 11.9 Å². The van der Waals surface area contributed by atoms with Crippen molar-refractivity contribution in [2.24, 2.45) is 0 Å². The molecule has 0 atom stereocenters. The molecule has 0 aliphatic carbocycles. The number of nitrogens with zero attached hydrogens (tertiary/aromatic N) is 2. The van der Waals surface area contributed by atoms with Crippen LogP contribution in [0.4, 0.5) is 0 Å². The minimum Gasteiger partial charge on any atom is -0.462 e. The monoisotopic (exact) mass is 210 g/mol. The van der Waals surface area contributed by atoms with Crippen LogP contribution in [0.3, 0.4) is 0 Å². The van der Waals surface area contributed by atoms with Crippen LogP contribution in [0.5, 0.6) is 0 Å². The zero-order chi connectivity index (χ0) is 11.7. The highest BCUT2D eigenvalue weighted by atomic mass is 16.5. The maximum absolute atomic E-state index is 11.1. The molecule has 0 saturated carbocycles. The number of amides is 1. The summed E-state index contributed by atoms with van der Waals surface area (Å²) in [5.41, 5.74) is 0. The average molecular weight is 210 g/mol. The van der Waals surface area contributed by atoms with Gasteiger partial charge in [-0.3, -0.25) is 4.79 Å². The summed E-state index contributed by atoms with van der Waals surface area (Å²) in [6, 6.07) is 1.78. The lowest BCUT2D eigenvalue weighted by atomic mass is 10.3. The van der Waals surface area contributed by atoms with Crippen molar-refractivity contribution in [3.8, 4) is 6.07 Å². The summed E-state index contributed by atoms with van der Waals surface area (Å²) in [5, 5.41) is 8.28. The fraction of sp³-hybridized carbons (Fsp3) is 0.500. The van der Waals surface area contributed by atoms with Gasteiger partial charge in [0.25, 0.3) is 0 Å². The molecule has 0 bridgehead atoms. The third kappa shape index (κ3) is 6.27. The van der Waals surface area contributed by atoms with Crippen LogP contribution in [-0.2, 0) is 14.3 Å². The fourth-order valence-electron chi connectivity index (χ4n) is 0.861. The Hall–Kier alpha value is -1.83. The second kappa shape index (κ2) is 7.56. The average Bonchev–Trinajstić information content (AvgIpc) is 2.23. The molecule has 1 amide bonds. The number of carbonyl (C=O) groups is 2. The van der Waals surface area contributed by atoms with Gasteiger partial charge in [-0.15, -0.1) is 0 Å². The first kappa shape index (κ1) is 13.2. The second-order valence-corrected chi connectivity index (χ2v) is 2.88. The van der Waals surface area contributed by atoms with E-state index in [2.05, 4.69) is 6.58 Å². The van der Waals surface area contributed by atoms with Crippen molar-refractivity contribution in [3.05, 3.63) is 12.7 Å². The van der Waals surface area contributed by atoms with Gasteiger partial charge in [0, 0.05) is 19.7 Å². The van der Waals surface area contributed by atoms with Gasteiger partial charge in [0.2, 0.25) is 5.91 Å². The van der Waals surface area contributed by atoms with Crippen LogP contribution in [0.15, 0.2) is 12.7 Å². The van der Waals surface area contributed by atoms with Crippen molar-refractivity contribution in [2.75, 3.05) is 20.2 Å². The lowest BCUT2D eigenvalue weighted by molar-refractivity contribution is -0.137. The summed E-state index contributed by atoms with van der Waals surface area (Å²) in [5.74, 6) is -0.700. The Balaban J connectivity index is 3.59. The first-order valence-corrected chi connectivity index (χ1v) is 4.52. The van der Waals surface area contributed by atoms with E-state index in [1.807, 2.05) is 0 Å². The Morgan fingerprint density at radius 1 is 1.60 bits per heavy atom. The van der Waals surface area contributed by atoms with Gasteiger partial charge >= 0.3 is 5.97 Å². The predicted octanol–water partition coefficient (Wildman–Crippen LogP) is 0.478. The van der Waals surface area contributed by atoms with Crippen molar-refractivity contribution < 1.29 is 14.3 Å². The standard InChI is InChI=1S/C10H14N2O3/c1-3-10(14)15-8-4-7-12(2)9(13)5-6-11/h3H,1,4-5,7-8H2,2H3. The Morgan fingerprint density at radius 3 is 2.80 bits per heavy atom. The molecule has 0 aromatic heterocycles. The molecular formula is C10H14N2O3. The normalized spacial score (nSPS) is 8.80. The van der Waals surface area contributed by atoms with E-state index in [1.165, 1.54) is 4.90 Å². The molecule has 0 rings (SSSR count). The van der Waals surface area contributed by atoms with Crippen LogP contribution >= 0.6 is 0 Å². The molecule has 0 aliphatic heterocycles. The predicted molar refractivity (Wildman–Crippen MR) is 53.6 cm³/mol. The van der Waals surface area contributed by atoms with Crippen molar-refractivity contribution in [1.82, 2.24) is 4.90 Å². The van der Waals surface area contributed by atoms with E-state index in [9.17, 15) is 9.59 Å². The smallest absolute Gasteiger partial charge is 0.330 e. The van der Waals surface area contributed by atoms with Gasteiger partial charge in [-0.1, -0.05) is 6.58 Å². The lowest BCUT2D eigenvalue weighted by Gasteiger charge is -2.14. The topological polar surface area (TPSA) is 70.4 Å². The molecule has 0 radical (unpaired) electrons. The molecule has 0 aromatic rings. The Labute approximate surface area is 88.9 Å². The van der Waals surface area contributed by atoms with Crippen LogP contribution in [0.2, 0.25) is 0 Å². The van der Waals surface area contributed by atoms with Gasteiger partial charge in [0.1, 0.15) is 6.42 Å². The SMILES string of the molecule is C=CC(=O)OCCCN(C)C(=O)CC#N. The molecule has 5 nitrogen and oxygen atoms in total. The zero-order valence-corrected chi connectivity index (χ0v) is 8.73.